The van der Waals surface area contributed by atoms with Gasteiger partial charge in [0.2, 0.25) is 0 Å². The fourth-order valence-corrected chi connectivity index (χ4v) is 1.95. The van der Waals surface area contributed by atoms with Crippen molar-refractivity contribution in [3.05, 3.63) is 59.7 Å². The Morgan fingerprint density at radius 2 is 1.72 bits per heavy atom. The minimum absolute atomic E-state index is 0.697. The molecule has 0 fully saturated rings. The monoisotopic (exact) mass is 241 g/mol. The smallest absolute Gasteiger partial charge is 0.142 e. The highest BCUT2D eigenvalue weighted by atomic mass is 16.5. The van der Waals surface area contributed by atoms with E-state index in [1.807, 2.05) is 24.3 Å². The van der Waals surface area contributed by atoms with Gasteiger partial charge in [0, 0.05) is 0 Å². The number of ether oxygens (including phenoxy) is 1. The second-order valence-electron chi connectivity index (χ2n) is 4.42. The number of rotatable bonds is 5. The van der Waals surface area contributed by atoms with Gasteiger partial charge in [-0.25, -0.2) is 0 Å². The third kappa shape index (κ3) is 3.27. The number of benzene rings is 2. The summed E-state index contributed by atoms with van der Waals surface area (Å²) in [4.78, 5) is 0. The number of para-hydroxylation sites is 2. The molecule has 0 bridgehead atoms. The molecule has 18 heavy (non-hydrogen) atoms. The van der Waals surface area contributed by atoms with Crippen molar-refractivity contribution in [3.63, 3.8) is 0 Å². The summed E-state index contributed by atoms with van der Waals surface area (Å²) < 4.78 is 5.67. The SMILES string of the molecule is Cc1ccccc1CCCOc1ccccc1N. The van der Waals surface area contributed by atoms with Crippen LogP contribution < -0.4 is 10.5 Å². The summed E-state index contributed by atoms with van der Waals surface area (Å²) in [7, 11) is 0. The Hall–Kier alpha value is -1.96. The minimum atomic E-state index is 0.697. The Balaban J connectivity index is 1.80. The number of hydrogen-bond acceptors (Lipinski definition) is 2. The Labute approximate surface area is 108 Å². The van der Waals surface area contributed by atoms with Crippen LogP contribution >= 0.6 is 0 Å². The maximum atomic E-state index is 5.81. The Bertz CT molecular complexity index is 460. The molecule has 0 saturated carbocycles. The van der Waals surface area contributed by atoms with E-state index >= 15 is 0 Å². The Morgan fingerprint density at radius 3 is 2.50 bits per heavy atom. The highest BCUT2D eigenvalue weighted by Crippen LogP contribution is 2.20. The first-order chi connectivity index (χ1) is 8.77. The van der Waals surface area contributed by atoms with Crippen molar-refractivity contribution in [1.82, 2.24) is 0 Å². The molecule has 2 rings (SSSR count). The molecule has 2 heteroatoms. The van der Waals surface area contributed by atoms with Crippen LogP contribution in [0.3, 0.4) is 0 Å². The summed E-state index contributed by atoms with van der Waals surface area (Å²) >= 11 is 0. The largest absolute Gasteiger partial charge is 0.491 e. The zero-order chi connectivity index (χ0) is 12.8. The molecule has 0 aliphatic rings. The van der Waals surface area contributed by atoms with Gasteiger partial charge in [0.1, 0.15) is 5.75 Å². The molecule has 94 valence electrons. The maximum absolute atomic E-state index is 5.81. The highest BCUT2D eigenvalue weighted by Gasteiger charge is 2.00. The fraction of sp³-hybridized carbons (Fsp3) is 0.250. The third-order valence-corrected chi connectivity index (χ3v) is 3.03. The van der Waals surface area contributed by atoms with Crippen molar-refractivity contribution in [2.45, 2.75) is 19.8 Å². The van der Waals surface area contributed by atoms with E-state index in [0.29, 0.717) is 12.3 Å². The number of nitrogen functional groups attached to an aromatic ring is 1. The standard InChI is InChI=1S/C16H19NO/c1-13-7-2-3-8-14(13)9-6-12-18-16-11-5-4-10-15(16)17/h2-5,7-8,10-11H,6,9,12,17H2,1H3. The van der Waals surface area contributed by atoms with Crippen LogP contribution in [0.5, 0.6) is 5.75 Å². The highest BCUT2D eigenvalue weighted by molar-refractivity contribution is 5.51. The summed E-state index contributed by atoms with van der Waals surface area (Å²) in [5.41, 5.74) is 9.25. The van der Waals surface area contributed by atoms with Crippen molar-refractivity contribution in [2.75, 3.05) is 12.3 Å². The van der Waals surface area contributed by atoms with E-state index in [-0.39, 0.29) is 0 Å². The molecule has 2 N–H and O–H groups in total. The van der Waals surface area contributed by atoms with Gasteiger partial charge in [-0.1, -0.05) is 36.4 Å². The molecule has 2 aromatic rings. The molecule has 0 amide bonds. The van der Waals surface area contributed by atoms with Crippen LogP contribution in [0.1, 0.15) is 17.5 Å². The fourth-order valence-electron chi connectivity index (χ4n) is 1.95. The molecule has 0 aliphatic heterocycles. The second kappa shape index (κ2) is 6.10. The molecule has 0 saturated heterocycles. The van der Waals surface area contributed by atoms with E-state index in [1.165, 1.54) is 11.1 Å². The lowest BCUT2D eigenvalue weighted by atomic mass is 10.0. The molecular weight excluding hydrogens is 222 g/mol. The van der Waals surface area contributed by atoms with E-state index in [9.17, 15) is 0 Å². The van der Waals surface area contributed by atoms with Crippen molar-refractivity contribution >= 4 is 5.69 Å². The molecule has 2 nitrogen and oxygen atoms in total. The first-order valence-electron chi connectivity index (χ1n) is 6.29. The van der Waals surface area contributed by atoms with Crippen molar-refractivity contribution in [2.24, 2.45) is 0 Å². The summed E-state index contributed by atoms with van der Waals surface area (Å²) in [6.45, 7) is 2.84. The van der Waals surface area contributed by atoms with Crippen molar-refractivity contribution < 1.29 is 4.74 Å². The third-order valence-electron chi connectivity index (χ3n) is 3.03. The molecule has 0 aromatic heterocycles. The molecule has 0 atom stereocenters. The zero-order valence-electron chi connectivity index (χ0n) is 10.7. The molecule has 0 spiro atoms. The predicted octanol–water partition coefficient (Wildman–Crippen LogP) is 3.59. The van der Waals surface area contributed by atoms with Crippen LogP contribution in [0.4, 0.5) is 5.69 Å². The summed E-state index contributed by atoms with van der Waals surface area (Å²) in [6.07, 6.45) is 2.04. The number of anilines is 1. The van der Waals surface area contributed by atoms with Crippen LogP contribution in [0, 0.1) is 6.92 Å². The van der Waals surface area contributed by atoms with Gasteiger partial charge in [-0.05, 0) is 43.0 Å². The van der Waals surface area contributed by atoms with E-state index in [0.717, 1.165) is 18.6 Å². The van der Waals surface area contributed by atoms with Crippen molar-refractivity contribution in [3.8, 4) is 5.75 Å². The van der Waals surface area contributed by atoms with E-state index in [1.54, 1.807) is 0 Å². The van der Waals surface area contributed by atoms with Crippen LogP contribution in [0.15, 0.2) is 48.5 Å². The topological polar surface area (TPSA) is 35.2 Å². The van der Waals surface area contributed by atoms with Gasteiger partial charge in [0.05, 0.1) is 12.3 Å². The summed E-state index contributed by atoms with van der Waals surface area (Å²) in [6, 6.07) is 16.1. The van der Waals surface area contributed by atoms with E-state index in [4.69, 9.17) is 10.5 Å². The number of nitrogens with two attached hydrogens (primary N) is 1. The lowest BCUT2D eigenvalue weighted by Gasteiger charge is -2.09. The Kier molecular flexibility index (Phi) is 4.24. The van der Waals surface area contributed by atoms with Crippen LogP contribution in [-0.2, 0) is 6.42 Å². The Morgan fingerprint density at radius 1 is 1.00 bits per heavy atom. The van der Waals surface area contributed by atoms with Gasteiger partial charge in [-0.15, -0.1) is 0 Å². The molecule has 0 radical (unpaired) electrons. The summed E-state index contributed by atoms with van der Waals surface area (Å²) in [5.74, 6) is 0.780. The van der Waals surface area contributed by atoms with Gasteiger partial charge in [0.15, 0.2) is 0 Å². The molecule has 0 aliphatic carbocycles. The number of aryl methyl sites for hydroxylation is 2. The molecule has 0 heterocycles. The average Bonchev–Trinajstić information content (AvgIpc) is 2.38. The number of hydrogen-bond donors (Lipinski definition) is 1. The van der Waals surface area contributed by atoms with Gasteiger partial charge >= 0.3 is 0 Å². The van der Waals surface area contributed by atoms with E-state index < -0.39 is 0 Å². The van der Waals surface area contributed by atoms with Crippen molar-refractivity contribution in [1.29, 1.82) is 0 Å². The van der Waals surface area contributed by atoms with Gasteiger partial charge < -0.3 is 10.5 Å². The zero-order valence-corrected chi connectivity index (χ0v) is 10.7. The van der Waals surface area contributed by atoms with Crippen LogP contribution in [-0.4, -0.2) is 6.61 Å². The van der Waals surface area contributed by atoms with Gasteiger partial charge in [0.25, 0.3) is 0 Å². The quantitative estimate of drug-likeness (QED) is 0.641. The maximum Gasteiger partial charge on any atom is 0.142 e. The normalized spacial score (nSPS) is 10.3. The second-order valence-corrected chi connectivity index (χ2v) is 4.42. The first-order valence-corrected chi connectivity index (χ1v) is 6.29. The van der Waals surface area contributed by atoms with Crippen LogP contribution in [0.2, 0.25) is 0 Å². The lowest BCUT2D eigenvalue weighted by molar-refractivity contribution is 0.312. The first kappa shape index (κ1) is 12.5. The minimum Gasteiger partial charge on any atom is -0.491 e. The van der Waals surface area contributed by atoms with Crippen LogP contribution in [0.25, 0.3) is 0 Å². The molecule has 2 aromatic carbocycles. The molecular formula is C16H19NO. The van der Waals surface area contributed by atoms with Gasteiger partial charge in [-0.2, -0.15) is 0 Å². The summed E-state index contributed by atoms with van der Waals surface area (Å²) in [5, 5.41) is 0. The average molecular weight is 241 g/mol. The predicted molar refractivity (Wildman–Crippen MR) is 75.8 cm³/mol. The van der Waals surface area contributed by atoms with Gasteiger partial charge in [-0.3, -0.25) is 0 Å². The molecule has 0 unspecified atom stereocenters. The lowest BCUT2D eigenvalue weighted by Crippen LogP contribution is -2.02. The van der Waals surface area contributed by atoms with E-state index in [2.05, 4.69) is 31.2 Å².